The number of ketones is 1. The van der Waals surface area contributed by atoms with Crippen molar-refractivity contribution in [1.29, 1.82) is 0 Å². The van der Waals surface area contributed by atoms with Crippen molar-refractivity contribution in [3.63, 3.8) is 0 Å². The first-order valence-electron chi connectivity index (χ1n) is 3.98. The zero-order chi connectivity index (χ0) is 8.32. The van der Waals surface area contributed by atoms with Gasteiger partial charge in [-0.15, -0.1) is 0 Å². The van der Waals surface area contributed by atoms with Crippen LogP contribution in [0.3, 0.4) is 0 Å². The molecule has 0 aliphatic carbocycles. The summed E-state index contributed by atoms with van der Waals surface area (Å²) in [6.07, 6.45) is 2.34. The highest BCUT2D eigenvalue weighted by Crippen LogP contribution is 2.19. The van der Waals surface area contributed by atoms with E-state index in [-0.39, 0.29) is 11.3 Å². The van der Waals surface area contributed by atoms with Gasteiger partial charge in [0.1, 0.15) is 5.78 Å². The van der Waals surface area contributed by atoms with Crippen LogP contribution in [0.5, 0.6) is 0 Å². The monoisotopic (exact) mass is 157 g/mol. The Morgan fingerprint density at radius 1 is 1.73 bits per heavy atom. The summed E-state index contributed by atoms with van der Waals surface area (Å²) in [6, 6.07) is 0. The topological polar surface area (TPSA) is 52.3 Å². The minimum Gasteiger partial charge on any atom is -0.380 e. The Hall–Kier alpha value is -0.410. The molecule has 0 spiro atoms. The molecule has 0 aromatic rings. The van der Waals surface area contributed by atoms with Gasteiger partial charge in [-0.3, -0.25) is 4.79 Å². The molecule has 0 aromatic heterocycles. The van der Waals surface area contributed by atoms with Crippen molar-refractivity contribution < 1.29 is 9.53 Å². The number of rotatable bonds is 2. The Bertz CT molecular complexity index is 150. The van der Waals surface area contributed by atoms with Crippen LogP contribution in [0.4, 0.5) is 0 Å². The van der Waals surface area contributed by atoms with E-state index in [1.54, 1.807) is 6.92 Å². The van der Waals surface area contributed by atoms with E-state index in [1.807, 2.05) is 0 Å². The van der Waals surface area contributed by atoms with E-state index in [4.69, 9.17) is 10.5 Å². The summed E-state index contributed by atoms with van der Waals surface area (Å²) >= 11 is 0. The van der Waals surface area contributed by atoms with E-state index < -0.39 is 0 Å². The van der Waals surface area contributed by atoms with Crippen molar-refractivity contribution in [2.24, 2.45) is 5.73 Å². The summed E-state index contributed by atoms with van der Waals surface area (Å²) in [6.45, 7) is 2.90. The molecule has 3 nitrogen and oxygen atoms in total. The number of nitrogens with two attached hydrogens (primary N) is 1. The molecule has 1 rings (SSSR count). The van der Waals surface area contributed by atoms with Crippen molar-refractivity contribution in [2.45, 2.75) is 31.7 Å². The molecule has 2 N–H and O–H groups in total. The van der Waals surface area contributed by atoms with E-state index in [9.17, 15) is 4.79 Å². The molecule has 1 heterocycles. The Labute approximate surface area is 66.9 Å². The number of carbonyl (C=O) groups is 1. The highest BCUT2D eigenvalue weighted by molar-refractivity contribution is 5.76. The van der Waals surface area contributed by atoms with E-state index in [0.717, 1.165) is 19.4 Å². The van der Waals surface area contributed by atoms with Crippen molar-refractivity contribution in [3.8, 4) is 0 Å². The van der Waals surface area contributed by atoms with Gasteiger partial charge in [-0.2, -0.15) is 0 Å². The highest BCUT2D eigenvalue weighted by atomic mass is 16.5. The van der Waals surface area contributed by atoms with Crippen LogP contribution in [0.15, 0.2) is 0 Å². The third-order valence-corrected chi connectivity index (χ3v) is 1.95. The quantitative estimate of drug-likeness (QED) is 0.634. The lowest BCUT2D eigenvalue weighted by Gasteiger charge is -2.32. The van der Waals surface area contributed by atoms with Gasteiger partial charge in [0.25, 0.3) is 0 Å². The smallest absolute Gasteiger partial charge is 0.131 e. The standard InChI is InChI=1S/C8H15NO2/c1-7(10)5-8(9)3-2-4-11-6-8/h2-6,9H2,1H3. The van der Waals surface area contributed by atoms with Gasteiger partial charge < -0.3 is 10.5 Å². The minimum absolute atomic E-state index is 0.151. The van der Waals surface area contributed by atoms with Gasteiger partial charge in [0.05, 0.1) is 6.61 Å². The molecule has 1 unspecified atom stereocenters. The molecular formula is C8H15NO2. The molecule has 0 aromatic carbocycles. The first-order chi connectivity index (χ1) is 5.12. The number of Topliss-reactive ketones (excluding diaryl/α,β-unsaturated/α-hetero) is 1. The second-order valence-corrected chi connectivity index (χ2v) is 3.40. The SMILES string of the molecule is CC(=O)CC1(N)CCCOC1. The maximum absolute atomic E-state index is 10.8. The van der Waals surface area contributed by atoms with Crippen LogP contribution in [0.2, 0.25) is 0 Å². The second kappa shape index (κ2) is 3.32. The van der Waals surface area contributed by atoms with Gasteiger partial charge in [0, 0.05) is 18.6 Å². The van der Waals surface area contributed by atoms with E-state index in [2.05, 4.69) is 0 Å². The zero-order valence-electron chi connectivity index (χ0n) is 6.93. The fourth-order valence-corrected chi connectivity index (χ4v) is 1.51. The lowest BCUT2D eigenvalue weighted by molar-refractivity contribution is -0.119. The van der Waals surface area contributed by atoms with Crippen LogP contribution in [-0.2, 0) is 9.53 Å². The summed E-state index contributed by atoms with van der Waals surface area (Å²) in [4.78, 5) is 10.8. The number of hydrogen-bond donors (Lipinski definition) is 1. The average molecular weight is 157 g/mol. The molecule has 0 saturated carbocycles. The Kier molecular flexibility index (Phi) is 2.62. The molecule has 0 amide bonds. The van der Waals surface area contributed by atoms with Crippen LogP contribution in [0, 0.1) is 0 Å². The van der Waals surface area contributed by atoms with Crippen LogP contribution in [0.1, 0.15) is 26.2 Å². The average Bonchev–Trinajstić information content (AvgIpc) is 1.85. The molecular weight excluding hydrogens is 142 g/mol. The molecule has 1 fully saturated rings. The van der Waals surface area contributed by atoms with Gasteiger partial charge in [0.2, 0.25) is 0 Å². The summed E-state index contributed by atoms with van der Waals surface area (Å²) < 4.78 is 5.21. The van der Waals surface area contributed by atoms with Crippen LogP contribution < -0.4 is 5.73 Å². The normalized spacial score (nSPS) is 31.8. The zero-order valence-corrected chi connectivity index (χ0v) is 6.93. The fraction of sp³-hybridized carbons (Fsp3) is 0.875. The first-order valence-corrected chi connectivity index (χ1v) is 3.98. The summed E-state index contributed by atoms with van der Waals surface area (Å²) in [5.74, 6) is 0.151. The summed E-state index contributed by atoms with van der Waals surface area (Å²) in [5, 5.41) is 0. The predicted octanol–water partition coefficient (Wildman–Crippen LogP) is 0.473. The van der Waals surface area contributed by atoms with Crippen LogP contribution in [0.25, 0.3) is 0 Å². The lowest BCUT2D eigenvalue weighted by Crippen LogP contribution is -2.48. The molecule has 1 atom stereocenters. The van der Waals surface area contributed by atoms with Crippen molar-refractivity contribution >= 4 is 5.78 Å². The first kappa shape index (κ1) is 8.68. The summed E-state index contributed by atoms with van der Waals surface area (Å²) in [5.41, 5.74) is 5.54. The molecule has 0 bridgehead atoms. The number of hydrogen-bond acceptors (Lipinski definition) is 3. The maximum atomic E-state index is 10.8. The molecule has 1 aliphatic heterocycles. The molecule has 1 saturated heterocycles. The highest BCUT2D eigenvalue weighted by Gasteiger charge is 2.29. The minimum atomic E-state index is -0.371. The van der Waals surface area contributed by atoms with Gasteiger partial charge >= 0.3 is 0 Å². The Morgan fingerprint density at radius 3 is 2.91 bits per heavy atom. The molecule has 0 radical (unpaired) electrons. The summed E-state index contributed by atoms with van der Waals surface area (Å²) in [7, 11) is 0. The van der Waals surface area contributed by atoms with Crippen LogP contribution >= 0.6 is 0 Å². The van der Waals surface area contributed by atoms with Crippen molar-refractivity contribution in [3.05, 3.63) is 0 Å². The molecule has 64 valence electrons. The van der Waals surface area contributed by atoms with Gasteiger partial charge in [0.15, 0.2) is 0 Å². The van der Waals surface area contributed by atoms with Gasteiger partial charge in [-0.05, 0) is 19.8 Å². The predicted molar refractivity (Wildman–Crippen MR) is 42.3 cm³/mol. The van der Waals surface area contributed by atoms with E-state index >= 15 is 0 Å². The third-order valence-electron chi connectivity index (χ3n) is 1.95. The van der Waals surface area contributed by atoms with Gasteiger partial charge in [-0.25, -0.2) is 0 Å². The fourth-order valence-electron chi connectivity index (χ4n) is 1.51. The Balaban J connectivity index is 2.43. The lowest BCUT2D eigenvalue weighted by atomic mass is 9.89. The third kappa shape index (κ3) is 2.60. The maximum Gasteiger partial charge on any atom is 0.131 e. The van der Waals surface area contributed by atoms with Crippen LogP contribution in [-0.4, -0.2) is 24.5 Å². The Morgan fingerprint density at radius 2 is 2.45 bits per heavy atom. The number of carbonyl (C=O) groups excluding carboxylic acids is 1. The van der Waals surface area contributed by atoms with Gasteiger partial charge in [-0.1, -0.05) is 0 Å². The van der Waals surface area contributed by atoms with E-state index in [0.29, 0.717) is 13.0 Å². The second-order valence-electron chi connectivity index (χ2n) is 3.40. The molecule has 1 aliphatic rings. The van der Waals surface area contributed by atoms with Crippen molar-refractivity contribution in [1.82, 2.24) is 0 Å². The van der Waals surface area contributed by atoms with Crippen molar-refractivity contribution in [2.75, 3.05) is 13.2 Å². The largest absolute Gasteiger partial charge is 0.380 e. The van der Waals surface area contributed by atoms with E-state index in [1.165, 1.54) is 0 Å². The number of ether oxygens (including phenoxy) is 1. The molecule has 3 heteroatoms. The molecule has 11 heavy (non-hydrogen) atoms.